The zero-order valence-electron chi connectivity index (χ0n) is 10.2. The van der Waals surface area contributed by atoms with Gasteiger partial charge in [-0.1, -0.05) is 66.2 Å². The van der Waals surface area contributed by atoms with Crippen LogP contribution in [0.5, 0.6) is 0 Å². The molecule has 2 aromatic rings. The van der Waals surface area contributed by atoms with E-state index in [1.54, 1.807) is 13.0 Å². The van der Waals surface area contributed by atoms with E-state index in [2.05, 4.69) is 0 Å². The first-order valence-corrected chi connectivity index (χ1v) is 6.26. The fourth-order valence-electron chi connectivity index (χ4n) is 1.74. The van der Waals surface area contributed by atoms with Crippen LogP contribution < -0.4 is 0 Å². The molecule has 0 bridgehead atoms. The maximum atomic E-state index is 9.20. The molecule has 1 unspecified atom stereocenters. The molecule has 0 aliphatic heterocycles. The van der Waals surface area contributed by atoms with Gasteiger partial charge >= 0.3 is 0 Å². The number of aliphatic hydroxyl groups excluding tert-OH is 1. The van der Waals surface area contributed by atoms with E-state index in [-0.39, 0.29) is 0 Å². The lowest BCUT2D eigenvalue weighted by molar-refractivity contribution is 0.245. The highest BCUT2D eigenvalue weighted by Crippen LogP contribution is 2.28. The molecule has 2 rings (SSSR count). The molecule has 2 aromatic carbocycles. The summed E-state index contributed by atoms with van der Waals surface area (Å²) in [5, 5.41) is 9.91. The fraction of sp³-hybridized carbons (Fsp3) is 0.125. The molecule has 0 saturated carbocycles. The summed E-state index contributed by atoms with van der Waals surface area (Å²) < 4.78 is 0. The molecule has 1 N–H and O–H groups in total. The summed E-state index contributed by atoms with van der Waals surface area (Å²) in [5.41, 5.74) is 3.11. The van der Waals surface area contributed by atoms with E-state index in [1.807, 2.05) is 54.6 Å². The summed E-state index contributed by atoms with van der Waals surface area (Å²) in [6.45, 7) is 1.72. The van der Waals surface area contributed by atoms with Gasteiger partial charge in [0.25, 0.3) is 0 Å². The Morgan fingerprint density at radius 1 is 1.11 bits per heavy atom. The largest absolute Gasteiger partial charge is 0.389 e. The third kappa shape index (κ3) is 3.22. The van der Waals surface area contributed by atoms with Crippen LogP contribution in [0.1, 0.15) is 12.5 Å². The summed E-state index contributed by atoms with van der Waals surface area (Å²) in [5.74, 6) is 0. The zero-order chi connectivity index (χ0) is 13.0. The van der Waals surface area contributed by atoms with E-state index in [9.17, 15) is 5.11 Å². The van der Waals surface area contributed by atoms with E-state index in [1.165, 1.54) is 0 Å². The minimum absolute atomic E-state index is 0.447. The van der Waals surface area contributed by atoms with Crippen LogP contribution in [0.15, 0.2) is 54.6 Å². The van der Waals surface area contributed by atoms with Crippen molar-refractivity contribution in [2.45, 2.75) is 13.0 Å². The Morgan fingerprint density at radius 3 is 2.44 bits per heavy atom. The van der Waals surface area contributed by atoms with Gasteiger partial charge in [-0.3, -0.25) is 0 Å². The van der Waals surface area contributed by atoms with Crippen molar-refractivity contribution in [1.82, 2.24) is 0 Å². The third-order valence-electron chi connectivity index (χ3n) is 2.65. The van der Waals surface area contributed by atoms with Crippen LogP contribution in [0.3, 0.4) is 0 Å². The monoisotopic (exact) mass is 258 g/mol. The van der Waals surface area contributed by atoms with Crippen LogP contribution in [0.2, 0.25) is 5.02 Å². The third-order valence-corrected chi connectivity index (χ3v) is 2.96. The average molecular weight is 259 g/mol. The van der Waals surface area contributed by atoms with E-state index >= 15 is 0 Å². The van der Waals surface area contributed by atoms with Gasteiger partial charge in [-0.25, -0.2) is 0 Å². The van der Waals surface area contributed by atoms with Crippen molar-refractivity contribution in [3.63, 3.8) is 0 Å². The van der Waals surface area contributed by atoms with Gasteiger partial charge in [-0.15, -0.1) is 0 Å². The SMILES string of the molecule is CC(O)C=Cc1ccc(-c2ccccc2)c(Cl)c1. The summed E-state index contributed by atoms with van der Waals surface area (Å²) in [4.78, 5) is 0. The van der Waals surface area contributed by atoms with Crippen molar-refractivity contribution in [3.05, 3.63) is 65.2 Å². The maximum absolute atomic E-state index is 9.20. The lowest BCUT2D eigenvalue weighted by atomic mass is 10.0. The number of halogens is 1. The predicted octanol–water partition coefficient (Wildman–Crippen LogP) is 4.40. The standard InChI is InChI=1S/C16H15ClO/c1-12(18)7-8-13-9-10-15(16(17)11-13)14-5-3-2-4-6-14/h2-12,18H,1H3. The molecule has 0 saturated heterocycles. The first kappa shape index (κ1) is 12.9. The number of aliphatic hydroxyl groups is 1. The Morgan fingerprint density at radius 2 is 1.83 bits per heavy atom. The summed E-state index contributed by atoms with van der Waals surface area (Å²) in [7, 11) is 0. The molecule has 0 aromatic heterocycles. The van der Waals surface area contributed by atoms with Crippen LogP contribution >= 0.6 is 11.6 Å². The van der Waals surface area contributed by atoms with Crippen LogP contribution in [0, 0.1) is 0 Å². The molecule has 2 heteroatoms. The minimum Gasteiger partial charge on any atom is -0.389 e. The van der Waals surface area contributed by atoms with Crippen LogP contribution in [-0.4, -0.2) is 11.2 Å². The molecule has 0 radical (unpaired) electrons. The van der Waals surface area contributed by atoms with Gasteiger partial charge in [-0.05, 0) is 24.1 Å². The highest BCUT2D eigenvalue weighted by atomic mass is 35.5. The smallest absolute Gasteiger partial charge is 0.0696 e. The Kier molecular flexibility index (Phi) is 4.19. The van der Waals surface area contributed by atoms with E-state index in [4.69, 9.17) is 11.6 Å². The van der Waals surface area contributed by atoms with Gasteiger partial charge in [0.2, 0.25) is 0 Å². The molecule has 92 valence electrons. The van der Waals surface area contributed by atoms with Crippen molar-refractivity contribution in [2.24, 2.45) is 0 Å². The highest BCUT2D eigenvalue weighted by molar-refractivity contribution is 6.33. The molecule has 0 amide bonds. The second-order valence-electron chi connectivity index (χ2n) is 4.21. The van der Waals surface area contributed by atoms with Gasteiger partial charge in [-0.2, -0.15) is 0 Å². The van der Waals surface area contributed by atoms with Crippen molar-refractivity contribution in [2.75, 3.05) is 0 Å². The second kappa shape index (κ2) is 5.85. The first-order valence-electron chi connectivity index (χ1n) is 5.88. The predicted molar refractivity (Wildman–Crippen MR) is 77.6 cm³/mol. The van der Waals surface area contributed by atoms with Gasteiger partial charge in [0, 0.05) is 10.6 Å². The van der Waals surface area contributed by atoms with Crippen molar-refractivity contribution in [1.29, 1.82) is 0 Å². The van der Waals surface area contributed by atoms with E-state index in [0.717, 1.165) is 16.7 Å². The van der Waals surface area contributed by atoms with Crippen LogP contribution in [0.4, 0.5) is 0 Å². The summed E-state index contributed by atoms with van der Waals surface area (Å²) >= 11 is 6.28. The molecule has 0 heterocycles. The Labute approximate surface area is 112 Å². The quantitative estimate of drug-likeness (QED) is 0.865. The molecule has 0 fully saturated rings. The first-order chi connectivity index (χ1) is 8.66. The second-order valence-corrected chi connectivity index (χ2v) is 4.61. The molecule has 1 atom stereocenters. The molecular weight excluding hydrogens is 244 g/mol. The van der Waals surface area contributed by atoms with Gasteiger partial charge < -0.3 is 5.11 Å². The minimum atomic E-state index is -0.447. The Hall–Kier alpha value is -1.57. The van der Waals surface area contributed by atoms with Gasteiger partial charge in [0.1, 0.15) is 0 Å². The molecule has 0 aliphatic rings. The lowest BCUT2D eigenvalue weighted by Crippen LogP contribution is -1.91. The van der Waals surface area contributed by atoms with Crippen molar-refractivity contribution < 1.29 is 5.11 Å². The molecule has 0 aliphatic carbocycles. The number of hydrogen-bond donors (Lipinski definition) is 1. The summed E-state index contributed by atoms with van der Waals surface area (Å²) in [6.07, 6.45) is 3.15. The lowest BCUT2D eigenvalue weighted by Gasteiger charge is -2.05. The van der Waals surface area contributed by atoms with E-state index < -0.39 is 6.10 Å². The van der Waals surface area contributed by atoms with Gasteiger partial charge in [0.05, 0.1) is 6.10 Å². The molecule has 18 heavy (non-hydrogen) atoms. The van der Waals surface area contributed by atoms with Crippen molar-refractivity contribution >= 4 is 17.7 Å². The number of hydrogen-bond acceptors (Lipinski definition) is 1. The molecule has 0 spiro atoms. The Bertz CT molecular complexity index is 544. The maximum Gasteiger partial charge on any atom is 0.0696 e. The van der Waals surface area contributed by atoms with Crippen molar-refractivity contribution in [3.8, 4) is 11.1 Å². The number of benzene rings is 2. The van der Waals surface area contributed by atoms with E-state index in [0.29, 0.717) is 5.02 Å². The fourth-order valence-corrected chi connectivity index (χ4v) is 2.04. The Balaban J connectivity index is 2.31. The van der Waals surface area contributed by atoms with Crippen LogP contribution in [0.25, 0.3) is 17.2 Å². The average Bonchev–Trinajstić information content (AvgIpc) is 2.37. The molecule has 1 nitrogen and oxygen atoms in total. The van der Waals surface area contributed by atoms with Crippen LogP contribution in [-0.2, 0) is 0 Å². The molecular formula is C16H15ClO. The van der Waals surface area contributed by atoms with Gasteiger partial charge in [0.15, 0.2) is 0 Å². The highest BCUT2D eigenvalue weighted by Gasteiger charge is 2.03. The topological polar surface area (TPSA) is 20.2 Å². The zero-order valence-corrected chi connectivity index (χ0v) is 10.9. The normalized spacial score (nSPS) is 12.8. The number of rotatable bonds is 3. The summed E-state index contributed by atoms with van der Waals surface area (Å²) in [6, 6.07) is 15.9.